The number of aryl methyl sites for hydroxylation is 1. The molecule has 0 unspecified atom stereocenters. The van der Waals surface area contributed by atoms with E-state index in [4.69, 9.17) is 28.3 Å². The van der Waals surface area contributed by atoms with Crippen molar-refractivity contribution in [2.24, 2.45) is 0 Å². The lowest BCUT2D eigenvalue weighted by molar-refractivity contribution is -0.122. The minimum Gasteiger partial charge on any atom is -0.355 e. The fourth-order valence-corrected chi connectivity index (χ4v) is 4.02. The molecule has 6 nitrogen and oxygen atoms in total. The Morgan fingerprint density at radius 3 is 2.48 bits per heavy atom. The third-order valence-corrected chi connectivity index (χ3v) is 5.85. The Bertz CT molecular complexity index is 1460. The van der Waals surface area contributed by atoms with Gasteiger partial charge in [-0.3, -0.25) is 19.8 Å². The third kappa shape index (κ3) is 3.92. The second-order valence-electron chi connectivity index (χ2n) is 7.59. The molecular formula is C25H16ClN3O3S. The number of nitrogens with one attached hydrogen (secondary N) is 1. The van der Waals surface area contributed by atoms with Crippen LogP contribution in [0.3, 0.4) is 0 Å². The van der Waals surface area contributed by atoms with Crippen LogP contribution in [0.25, 0.3) is 28.3 Å². The summed E-state index contributed by atoms with van der Waals surface area (Å²) in [6, 6.07) is 20.0. The smallest absolute Gasteiger partial charge is 0.270 e. The van der Waals surface area contributed by atoms with Gasteiger partial charge in [-0.1, -0.05) is 52.7 Å². The Kier molecular flexibility index (Phi) is 5.28. The van der Waals surface area contributed by atoms with E-state index in [1.807, 2.05) is 37.3 Å². The molecule has 2 amide bonds. The van der Waals surface area contributed by atoms with Crippen LogP contribution in [0.15, 0.2) is 76.8 Å². The van der Waals surface area contributed by atoms with Gasteiger partial charge in [-0.25, -0.2) is 0 Å². The highest BCUT2D eigenvalue weighted by Gasteiger charge is 2.34. The van der Waals surface area contributed by atoms with E-state index in [9.17, 15) is 9.59 Å². The highest BCUT2D eigenvalue weighted by molar-refractivity contribution is 7.80. The van der Waals surface area contributed by atoms with E-state index < -0.39 is 11.8 Å². The maximum absolute atomic E-state index is 13.2. The minimum absolute atomic E-state index is 0.0145. The Balaban J connectivity index is 1.55. The number of fused-ring (bicyclic) bond motifs is 1. The minimum atomic E-state index is -0.556. The normalized spacial score (nSPS) is 15.4. The first-order chi connectivity index (χ1) is 15.9. The van der Waals surface area contributed by atoms with E-state index in [1.165, 1.54) is 11.0 Å². The first-order valence-corrected chi connectivity index (χ1v) is 10.8. The molecule has 0 atom stereocenters. The van der Waals surface area contributed by atoms with E-state index in [1.54, 1.807) is 36.4 Å². The number of thiocarbonyl (C=S) groups is 1. The van der Waals surface area contributed by atoms with Crippen LogP contribution in [0.2, 0.25) is 5.02 Å². The van der Waals surface area contributed by atoms with Crippen LogP contribution < -0.4 is 10.2 Å². The van der Waals surface area contributed by atoms with Crippen molar-refractivity contribution in [2.45, 2.75) is 6.92 Å². The van der Waals surface area contributed by atoms with E-state index in [0.717, 1.165) is 16.5 Å². The molecule has 1 aliphatic rings. The topological polar surface area (TPSA) is 75.4 Å². The summed E-state index contributed by atoms with van der Waals surface area (Å²) in [4.78, 5) is 27.1. The summed E-state index contributed by atoms with van der Waals surface area (Å²) >= 11 is 11.2. The van der Waals surface area contributed by atoms with Crippen molar-refractivity contribution in [3.8, 4) is 11.3 Å². The molecule has 2 heterocycles. The van der Waals surface area contributed by atoms with Crippen LogP contribution in [0.5, 0.6) is 0 Å². The van der Waals surface area contributed by atoms with Crippen molar-refractivity contribution in [3.63, 3.8) is 0 Å². The van der Waals surface area contributed by atoms with Gasteiger partial charge in [0.15, 0.2) is 10.9 Å². The molecule has 0 spiro atoms. The number of benzene rings is 3. The van der Waals surface area contributed by atoms with Crippen molar-refractivity contribution in [2.75, 3.05) is 4.90 Å². The highest BCUT2D eigenvalue weighted by Crippen LogP contribution is 2.31. The van der Waals surface area contributed by atoms with Crippen LogP contribution in [-0.2, 0) is 9.59 Å². The van der Waals surface area contributed by atoms with Gasteiger partial charge >= 0.3 is 0 Å². The van der Waals surface area contributed by atoms with Crippen LogP contribution in [0.4, 0.5) is 5.69 Å². The molecule has 33 heavy (non-hydrogen) atoms. The molecular weight excluding hydrogens is 458 g/mol. The molecule has 0 radical (unpaired) electrons. The van der Waals surface area contributed by atoms with Gasteiger partial charge < -0.3 is 4.52 Å². The summed E-state index contributed by atoms with van der Waals surface area (Å²) in [6.07, 6.45) is 1.54. The van der Waals surface area contributed by atoms with Gasteiger partial charge in [-0.05, 0) is 67.2 Å². The molecule has 8 heteroatoms. The summed E-state index contributed by atoms with van der Waals surface area (Å²) in [5, 5.41) is 8.03. The first kappa shape index (κ1) is 21.1. The van der Waals surface area contributed by atoms with Gasteiger partial charge in [0.25, 0.3) is 11.8 Å². The van der Waals surface area contributed by atoms with Crippen LogP contribution >= 0.6 is 23.8 Å². The molecule has 1 aliphatic heterocycles. The third-order valence-electron chi connectivity index (χ3n) is 5.31. The van der Waals surface area contributed by atoms with Crippen LogP contribution in [0.1, 0.15) is 11.1 Å². The Hall–Kier alpha value is -3.81. The van der Waals surface area contributed by atoms with E-state index in [2.05, 4.69) is 10.5 Å². The molecule has 162 valence electrons. The maximum Gasteiger partial charge on any atom is 0.270 e. The van der Waals surface area contributed by atoms with E-state index >= 15 is 0 Å². The molecule has 1 N–H and O–H groups in total. The van der Waals surface area contributed by atoms with Gasteiger partial charge in [-0.2, -0.15) is 0 Å². The molecule has 0 aliphatic carbocycles. The standard InChI is InChI=1S/C25H16ClN3O3S/c1-14-2-5-16(6-3-14)22-19-12-15(4-11-21(19)28-32-22)13-20-23(30)27-25(33)29(24(20)31)18-9-7-17(26)8-10-18/h2-13H,1H3,(H,27,30,33)/b20-13+. The van der Waals surface area contributed by atoms with Crippen LogP contribution in [-0.4, -0.2) is 22.1 Å². The predicted octanol–water partition coefficient (Wildman–Crippen LogP) is 5.29. The number of anilines is 1. The number of aromatic nitrogens is 1. The summed E-state index contributed by atoms with van der Waals surface area (Å²) in [5.41, 5.74) is 3.83. The number of carbonyl (C=O) groups excluding carboxylic acids is 2. The monoisotopic (exact) mass is 473 g/mol. The summed E-state index contributed by atoms with van der Waals surface area (Å²) in [7, 11) is 0. The maximum atomic E-state index is 13.2. The van der Waals surface area contributed by atoms with Crippen molar-refractivity contribution < 1.29 is 14.1 Å². The Morgan fingerprint density at radius 2 is 1.76 bits per heavy atom. The zero-order chi connectivity index (χ0) is 23.1. The summed E-state index contributed by atoms with van der Waals surface area (Å²) in [6.45, 7) is 2.01. The van der Waals surface area contributed by atoms with Crippen LogP contribution in [0, 0.1) is 6.92 Å². The lowest BCUT2D eigenvalue weighted by Crippen LogP contribution is -2.54. The number of nitrogens with zero attached hydrogens (tertiary/aromatic N) is 2. The molecule has 0 saturated carbocycles. The van der Waals surface area contributed by atoms with Crippen molar-refractivity contribution in [3.05, 3.63) is 88.5 Å². The predicted molar refractivity (Wildman–Crippen MR) is 132 cm³/mol. The molecule has 0 bridgehead atoms. The number of amides is 2. The van der Waals surface area contributed by atoms with Crippen molar-refractivity contribution in [1.29, 1.82) is 0 Å². The number of hydrogen-bond acceptors (Lipinski definition) is 5. The molecule has 4 aromatic rings. The molecule has 1 saturated heterocycles. The number of halogens is 1. The average Bonchev–Trinajstić information content (AvgIpc) is 3.21. The molecule has 1 aromatic heterocycles. The number of carbonyl (C=O) groups is 2. The zero-order valence-corrected chi connectivity index (χ0v) is 18.9. The molecule has 1 fully saturated rings. The summed E-state index contributed by atoms with van der Waals surface area (Å²) in [5.74, 6) is -0.455. The second-order valence-corrected chi connectivity index (χ2v) is 8.41. The highest BCUT2D eigenvalue weighted by atomic mass is 35.5. The fourth-order valence-electron chi connectivity index (χ4n) is 3.61. The van der Waals surface area contributed by atoms with Gasteiger partial charge in [0.05, 0.1) is 11.1 Å². The average molecular weight is 474 g/mol. The Labute approximate surface area is 199 Å². The van der Waals surface area contributed by atoms with Gasteiger partial charge in [0.1, 0.15) is 11.1 Å². The molecule has 3 aromatic carbocycles. The zero-order valence-electron chi connectivity index (χ0n) is 17.3. The van der Waals surface area contributed by atoms with E-state index in [-0.39, 0.29) is 10.7 Å². The number of rotatable bonds is 3. The lowest BCUT2D eigenvalue weighted by Gasteiger charge is -2.28. The second kappa shape index (κ2) is 8.27. The fraction of sp³-hybridized carbons (Fsp3) is 0.0400. The summed E-state index contributed by atoms with van der Waals surface area (Å²) < 4.78 is 5.57. The SMILES string of the molecule is Cc1ccc(-c2onc3ccc(/C=C4\C(=O)NC(=S)N(c5ccc(Cl)cc5)C4=O)cc23)cc1. The largest absolute Gasteiger partial charge is 0.355 e. The van der Waals surface area contributed by atoms with Crippen molar-refractivity contribution >= 4 is 63.4 Å². The van der Waals surface area contributed by atoms with E-state index in [0.29, 0.717) is 27.6 Å². The first-order valence-electron chi connectivity index (χ1n) is 10.0. The van der Waals surface area contributed by atoms with Gasteiger partial charge in [0.2, 0.25) is 0 Å². The number of hydrogen-bond donors (Lipinski definition) is 1. The quantitative estimate of drug-likeness (QED) is 0.248. The lowest BCUT2D eigenvalue weighted by atomic mass is 10.0. The van der Waals surface area contributed by atoms with Crippen molar-refractivity contribution in [1.82, 2.24) is 10.5 Å². The molecule has 5 rings (SSSR count). The van der Waals surface area contributed by atoms with Gasteiger partial charge in [-0.15, -0.1) is 0 Å². The van der Waals surface area contributed by atoms with Gasteiger partial charge in [0, 0.05) is 10.6 Å². The Morgan fingerprint density at radius 1 is 1.03 bits per heavy atom.